The largest absolute Gasteiger partial charge is 0.395 e. The van der Waals surface area contributed by atoms with Crippen molar-refractivity contribution in [3.8, 4) is 0 Å². The van der Waals surface area contributed by atoms with Crippen LogP contribution in [-0.2, 0) is 7.05 Å². The fraction of sp³-hybridized carbons (Fsp3) is 0.714. The Hall–Kier alpha value is -1.36. The molecule has 106 valence electrons. The molecule has 19 heavy (non-hydrogen) atoms. The fourth-order valence-electron chi connectivity index (χ4n) is 2.91. The summed E-state index contributed by atoms with van der Waals surface area (Å²) in [5, 5.41) is 13.4. The molecule has 1 aromatic rings. The third-order valence-corrected chi connectivity index (χ3v) is 3.84. The van der Waals surface area contributed by atoms with E-state index in [1.54, 1.807) is 11.7 Å². The van der Waals surface area contributed by atoms with Crippen LogP contribution in [0.5, 0.6) is 0 Å². The van der Waals surface area contributed by atoms with Crippen molar-refractivity contribution in [1.29, 1.82) is 0 Å². The van der Waals surface area contributed by atoms with Crippen LogP contribution in [0.4, 0.5) is 0 Å². The highest BCUT2D eigenvalue weighted by Crippen LogP contribution is 2.24. The molecular weight excluding hydrogens is 242 g/mol. The van der Waals surface area contributed by atoms with Gasteiger partial charge in [0.15, 0.2) is 0 Å². The number of amides is 1. The first-order valence-corrected chi connectivity index (χ1v) is 7.06. The van der Waals surface area contributed by atoms with Gasteiger partial charge in [-0.2, -0.15) is 5.10 Å². The molecule has 0 aromatic carbocycles. The Balaban J connectivity index is 2.17. The highest BCUT2D eigenvalue weighted by Gasteiger charge is 2.27. The molecule has 1 saturated carbocycles. The van der Waals surface area contributed by atoms with Crippen molar-refractivity contribution in [2.45, 2.75) is 45.1 Å². The Kier molecular flexibility index (Phi) is 4.58. The molecule has 1 N–H and O–H groups in total. The molecular formula is C14H23N3O2. The number of nitrogens with zero attached hydrogens (tertiary/aromatic N) is 3. The topological polar surface area (TPSA) is 58.4 Å². The first-order valence-electron chi connectivity index (χ1n) is 7.06. The first-order chi connectivity index (χ1) is 9.13. The number of aliphatic hydroxyl groups is 1. The molecule has 1 aromatic heterocycles. The minimum atomic E-state index is -0.0101. The van der Waals surface area contributed by atoms with E-state index in [1.165, 1.54) is 19.3 Å². The second kappa shape index (κ2) is 6.19. The minimum absolute atomic E-state index is 0.0101. The summed E-state index contributed by atoms with van der Waals surface area (Å²) in [6.45, 7) is 2.31. The van der Waals surface area contributed by atoms with E-state index in [0.29, 0.717) is 12.2 Å². The average molecular weight is 265 g/mol. The van der Waals surface area contributed by atoms with Crippen molar-refractivity contribution >= 4 is 5.91 Å². The predicted molar refractivity (Wildman–Crippen MR) is 72.9 cm³/mol. The van der Waals surface area contributed by atoms with Crippen molar-refractivity contribution in [2.75, 3.05) is 13.2 Å². The highest BCUT2D eigenvalue weighted by molar-refractivity contribution is 5.93. The van der Waals surface area contributed by atoms with Gasteiger partial charge in [-0.3, -0.25) is 9.48 Å². The zero-order chi connectivity index (χ0) is 13.8. The molecule has 0 spiro atoms. The van der Waals surface area contributed by atoms with Gasteiger partial charge in [-0.25, -0.2) is 0 Å². The van der Waals surface area contributed by atoms with E-state index in [9.17, 15) is 9.90 Å². The zero-order valence-electron chi connectivity index (χ0n) is 11.8. The predicted octanol–water partition coefficient (Wildman–Crippen LogP) is 1.50. The van der Waals surface area contributed by atoms with Gasteiger partial charge in [-0.05, 0) is 25.8 Å². The lowest BCUT2D eigenvalue weighted by atomic mass is 9.94. The van der Waals surface area contributed by atoms with Crippen molar-refractivity contribution < 1.29 is 9.90 Å². The van der Waals surface area contributed by atoms with E-state index >= 15 is 0 Å². The monoisotopic (exact) mass is 265 g/mol. The van der Waals surface area contributed by atoms with Gasteiger partial charge in [0.25, 0.3) is 5.91 Å². The molecule has 1 fully saturated rings. The minimum Gasteiger partial charge on any atom is -0.395 e. The molecule has 1 heterocycles. The molecule has 1 aliphatic rings. The molecule has 1 aliphatic carbocycles. The van der Waals surface area contributed by atoms with E-state index in [0.717, 1.165) is 18.5 Å². The van der Waals surface area contributed by atoms with E-state index in [1.807, 2.05) is 17.9 Å². The van der Waals surface area contributed by atoms with Crippen LogP contribution in [0.15, 0.2) is 6.07 Å². The maximum absolute atomic E-state index is 12.6. The molecule has 2 rings (SSSR count). The molecule has 0 aliphatic heterocycles. The molecule has 5 heteroatoms. The van der Waals surface area contributed by atoms with Crippen LogP contribution in [0.3, 0.4) is 0 Å². The van der Waals surface area contributed by atoms with Crippen LogP contribution in [0.25, 0.3) is 0 Å². The summed E-state index contributed by atoms with van der Waals surface area (Å²) in [6.07, 6.45) is 5.68. The van der Waals surface area contributed by atoms with E-state index in [-0.39, 0.29) is 18.6 Å². The van der Waals surface area contributed by atoms with Crippen LogP contribution in [0.1, 0.15) is 48.3 Å². The number of aromatic nitrogens is 2. The summed E-state index contributed by atoms with van der Waals surface area (Å²) in [4.78, 5) is 14.5. The number of hydrogen-bond donors (Lipinski definition) is 1. The molecule has 0 unspecified atom stereocenters. The summed E-state index contributed by atoms with van der Waals surface area (Å²) in [7, 11) is 1.79. The van der Waals surface area contributed by atoms with Crippen LogP contribution in [0.2, 0.25) is 0 Å². The van der Waals surface area contributed by atoms with E-state index in [2.05, 4.69) is 5.10 Å². The number of hydrogen-bond acceptors (Lipinski definition) is 3. The van der Waals surface area contributed by atoms with Crippen LogP contribution < -0.4 is 0 Å². The maximum Gasteiger partial charge on any atom is 0.272 e. The Morgan fingerprint density at radius 1 is 1.47 bits per heavy atom. The summed E-state index contributed by atoms with van der Waals surface area (Å²) in [5.41, 5.74) is 1.45. The summed E-state index contributed by atoms with van der Waals surface area (Å²) < 4.78 is 1.63. The SMILES string of the molecule is Cc1cc(C(=O)N(CCO)C2CCCCC2)n(C)n1. The Morgan fingerprint density at radius 3 is 2.68 bits per heavy atom. The van der Waals surface area contributed by atoms with Gasteiger partial charge in [0.2, 0.25) is 0 Å². The van der Waals surface area contributed by atoms with Crippen molar-refractivity contribution in [1.82, 2.24) is 14.7 Å². The number of carbonyl (C=O) groups is 1. The Labute approximate surface area is 114 Å². The van der Waals surface area contributed by atoms with Gasteiger partial charge in [-0.1, -0.05) is 19.3 Å². The molecule has 0 saturated heterocycles. The van der Waals surface area contributed by atoms with Gasteiger partial charge >= 0.3 is 0 Å². The Bertz CT molecular complexity index is 436. The molecule has 1 amide bonds. The molecule has 5 nitrogen and oxygen atoms in total. The average Bonchev–Trinajstić information content (AvgIpc) is 2.75. The number of carbonyl (C=O) groups excluding carboxylic acids is 1. The molecule has 0 bridgehead atoms. The van der Waals surface area contributed by atoms with E-state index in [4.69, 9.17) is 0 Å². The number of aryl methyl sites for hydroxylation is 2. The van der Waals surface area contributed by atoms with Gasteiger partial charge in [0, 0.05) is 19.6 Å². The zero-order valence-corrected chi connectivity index (χ0v) is 11.8. The second-order valence-corrected chi connectivity index (χ2v) is 5.31. The van der Waals surface area contributed by atoms with Crippen molar-refractivity contribution in [3.05, 3.63) is 17.5 Å². The second-order valence-electron chi connectivity index (χ2n) is 5.31. The van der Waals surface area contributed by atoms with Crippen molar-refractivity contribution in [2.24, 2.45) is 7.05 Å². The third-order valence-electron chi connectivity index (χ3n) is 3.84. The smallest absolute Gasteiger partial charge is 0.272 e. The first kappa shape index (κ1) is 14.1. The maximum atomic E-state index is 12.6. The lowest BCUT2D eigenvalue weighted by molar-refractivity contribution is 0.0574. The summed E-state index contributed by atoms with van der Waals surface area (Å²) >= 11 is 0. The number of aliphatic hydroxyl groups excluding tert-OH is 1. The number of rotatable bonds is 4. The van der Waals surface area contributed by atoms with Gasteiger partial charge < -0.3 is 10.0 Å². The Morgan fingerprint density at radius 2 is 2.16 bits per heavy atom. The highest BCUT2D eigenvalue weighted by atomic mass is 16.3. The van der Waals surface area contributed by atoms with Crippen LogP contribution >= 0.6 is 0 Å². The van der Waals surface area contributed by atoms with Crippen LogP contribution in [-0.4, -0.2) is 44.9 Å². The third kappa shape index (κ3) is 3.15. The van der Waals surface area contributed by atoms with Gasteiger partial charge in [-0.15, -0.1) is 0 Å². The summed E-state index contributed by atoms with van der Waals surface area (Å²) in [5.74, 6) is -0.0101. The van der Waals surface area contributed by atoms with Crippen LogP contribution in [0, 0.1) is 6.92 Å². The lowest BCUT2D eigenvalue weighted by Crippen LogP contribution is -2.43. The molecule has 0 radical (unpaired) electrons. The normalized spacial score (nSPS) is 16.6. The van der Waals surface area contributed by atoms with Crippen molar-refractivity contribution in [3.63, 3.8) is 0 Å². The van der Waals surface area contributed by atoms with Gasteiger partial charge in [0.1, 0.15) is 5.69 Å². The lowest BCUT2D eigenvalue weighted by Gasteiger charge is -2.33. The molecule has 0 atom stereocenters. The van der Waals surface area contributed by atoms with E-state index < -0.39 is 0 Å². The summed E-state index contributed by atoms with van der Waals surface area (Å²) in [6, 6.07) is 2.08. The standard InChI is InChI=1S/C14H23N3O2/c1-11-10-13(16(2)15-11)14(19)17(8-9-18)12-6-4-3-5-7-12/h10,12,18H,3-9H2,1-2H3. The quantitative estimate of drug-likeness (QED) is 0.897. The van der Waals surface area contributed by atoms with Gasteiger partial charge in [0.05, 0.1) is 12.3 Å². The fourth-order valence-corrected chi connectivity index (χ4v) is 2.91.